The first kappa shape index (κ1) is 14.6. The minimum Gasteiger partial charge on any atom is -0.481 e. The van der Waals surface area contributed by atoms with Gasteiger partial charge in [0.05, 0.1) is 16.4 Å². The molecule has 0 fully saturated rings. The van der Waals surface area contributed by atoms with Gasteiger partial charge in [0, 0.05) is 31.1 Å². The molecule has 0 aliphatic rings. The summed E-state index contributed by atoms with van der Waals surface area (Å²) in [6.07, 6.45) is 1.35. The van der Waals surface area contributed by atoms with Gasteiger partial charge in [-0.15, -0.1) is 0 Å². The van der Waals surface area contributed by atoms with Crippen molar-refractivity contribution < 1.29 is 14.8 Å². The summed E-state index contributed by atoms with van der Waals surface area (Å²) in [6, 6.07) is 4.32. The van der Waals surface area contributed by atoms with Gasteiger partial charge >= 0.3 is 5.97 Å². The Balaban J connectivity index is 2.45. The molecule has 0 aliphatic carbocycles. The average molecular weight is 290 g/mol. The number of carboxylic acid groups (broad SMARTS) is 1. The predicted octanol–water partition coefficient (Wildman–Crippen LogP) is 1.69. The molecule has 0 saturated carbocycles. The van der Waals surface area contributed by atoms with Crippen LogP contribution in [-0.2, 0) is 4.79 Å². The monoisotopic (exact) mass is 290 g/mol. The van der Waals surface area contributed by atoms with Crippen molar-refractivity contribution in [1.82, 2.24) is 9.97 Å². The molecule has 0 radical (unpaired) electrons. The highest BCUT2D eigenvalue weighted by Gasteiger charge is 2.18. The van der Waals surface area contributed by atoms with E-state index >= 15 is 0 Å². The van der Waals surface area contributed by atoms with Crippen LogP contribution in [0.3, 0.4) is 0 Å². The number of nitro benzene ring substituents is 1. The molecule has 21 heavy (non-hydrogen) atoms. The first-order valence-electron chi connectivity index (χ1n) is 6.23. The molecule has 0 saturated heterocycles. The molecule has 110 valence electrons. The Morgan fingerprint density at radius 3 is 2.81 bits per heavy atom. The van der Waals surface area contributed by atoms with Crippen molar-refractivity contribution in [2.75, 3.05) is 18.5 Å². The van der Waals surface area contributed by atoms with E-state index in [1.54, 1.807) is 24.9 Å². The summed E-state index contributed by atoms with van der Waals surface area (Å²) < 4.78 is 0. The fourth-order valence-electron chi connectivity index (χ4n) is 2.02. The number of hydrogen-bond donors (Lipinski definition) is 1. The topological polar surface area (TPSA) is 109 Å². The Kier molecular flexibility index (Phi) is 3.97. The van der Waals surface area contributed by atoms with Crippen molar-refractivity contribution in [3.05, 3.63) is 34.6 Å². The Morgan fingerprint density at radius 1 is 1.48 bits per heavy atom. The van der Waals surface area contributed by atoms with E-state index in [0.29, 0.717) is 16.7 Å². The number of carboxylic acids is 1. The van der Waals surface area contributed by atoms with Crippen LogP contribution in [0.5, 0.6) is 0 Å². The third kappa shape index (κ3) is 3.04. The highest BCUT2D eigenvalue weighted by molar-refractivity contribution is 5.91. The molecule has 1 aromatic carbocycles. The summed E-state index contributed by atoms with van der Waals surface area (Å²) >= 11 is 0. The minimum absolute atomic E-state index is 0.0572. The minimum atomic E-state index is -0.911. The van der Waals surface area contributed by atoms with E-state index in [1.165, 1.54) is 18.5 Å². The van der Waals surface area contributed by atoms with E-state index < -0.39 is 16.8 Å². The lowest BCUT2D eigenvalue weighted by atomic mass is 10.1. The highest BCUT2D eigenvalue weighted by Crippen LogP contribution is 2.26. The normalized spacial score (nSPS) is 12.1. The van der Waals surface area contributed by atoms with Crippen molar-refractivity contribution >= 4 is 28.4 Å². The number of nitrogens with zero attached hydrogens (tertiary/aromatic N) is 4. The van der Waals surface area contributed by atoms with E-state index in [9.17, 15) is 14.9 Å². The van der Waals surface area contributed by atoms with E-state index in [4.69, 9.17) is 5.11 Å². The zero-order valence-electron chi connectivity index (χ0n) is 11.6. The molecule has 1 atom stereocenters. The summed E-state index contributed by atoms with van der Waals surface area (Å²) in [7, 11) is 1.69. The van der Waals surface area contributed by atoms with Crippen molar-refractivity contribution in [2.45, 2.75) is 6.92 Å². The zero-order chi connectivity index (χ0) is 15.6. The molecule has 1 heterocycles. The average Bonchev–Trinajstić information content (AvgIpc) is 2.45. The highest BCUT2D eigenvalue weighted by atomic mass is 16.6. The van der Waals surface area contributed by atoms with Crippen molar-refractivity contribution in [3.63, 3.8) is 0 Å². The van der Waals surface area contributed by atoms with Gasteiger partial charge in [0.1, 0.15) is 12.1 Å². The summed E-state index contributed by atoms with van der Waals surface area (Å²) in [5.74, 6) is -1.03. The molecule has 0 amide bonds. The number of aliphatic carboxylic acids is 1. The van der Waals surface area contributed by atoms with E-state index in [0.717, 1.165) is 0 Å². The van der Waals surface area contributed by atoms with E-state index in [1.807, 2.05) is 0 Å². The Hall–Kier alpha value is -2.77. The molecule has 1 unspecified atom stereocenters. The van der Waals surface area contributed by atoms with Gasteiger partial charge in [-0.05, 0) is 6.07 Å². The number of benzene rings is 1. The summed E-state index contributed by atoms with van der Waals surface area (Å²) in [6.45, 7) is 1.83. The van der Waals surface area contributed by atoms with Crippen LogP contribution in [0.1, 0.15) is 6.92 Å². The SMILES string of the molecule is CC(CN(C)c1ncnc2ccc([N+](=O)[O-])cc12)C(=O)O. The van der Waals surface area contributed by atoms with Crippen LogP contribution in [0, 0.1) is 16.0 Å². The maximum absolute atomic E-state index is 10.9. The molecular weight excluding hydrogens is 276 g/mol. The standard InChI is InChI=1S/C13H14N4O4/c1-8(13(18)19)6-16(2)12-10-5-9(17(20)21)3-4-11(10)14-7-15-12/h3-5,7-8H,6H2,1-2H3,(H,18,19). The van der Waals surface area contributed by atoms with Crippen LogP contribution in [0.4, 0.5) is 11.5 Å². The third-order valence-corrected chi connectivity index (χ3v) is 3.14. The third-order valence-electron chi connectivity index (χ3n) is 3.14. The van der Waals surface area contributed by atoms with Gasteiger partial charge < -0.3 is 10.0 Å². The number of fused-ring (bicyclic) bond motifs is 1. The first-order chi connectivity index (χ1) is 9.90. The second kappa shape index (κ2) is 5.70. The van der Waals surface area contributed by atoms with Gasteiger partial charge in [-0.1, -0.05) is 6.92 Å². The Morgan fingerprint density at radius 2 is 2.19 bits per heavy atom. The smallest absolute Gasteiger partial charge is 0.308 e. The molecular formula is C13H14N4O4. The van der Waals surface area contributed by atoms with Crippen LogP contribution in [0.2, 0.25) is 0 Å². The van der Waals surface area contributed by atoms with Crippen LogP contribution in [0.15, 0.2) is 24.5 Å². The number of nitro groups is 1. The zero-order valence-corrected chi connectivity index (χ0v) is 11.6. The van der Waals surface area contributed by atoms with Crippen LogP contribution in [0.25, 0.3) is 10.9 Å². The second-order valence-electron chi connectivity index (χ2n) is 4.78. The molecule has 0 bridgehead atoms. The fourth-order valence-corrected chi connectivity index (χ4v) is 2.02. The van der Waals surface area contributed by atoms with E-state index in [-0.39, 0.29) is 12.2 Å². The molecule has 8 nitrogen and oxygen atoms in total. The lowest BCUT2D eigenvalue weighted by molar-refractivity contribution is -0.384. The molecule has 2 rings (SSSR count). The quantitative estimate of drug-likeness (QED) is 0.659. The van der Waals surface area contributed by atoms with Crippen molar-refractivity contribution in [3.8, 4) is 0 Å². The van der Waals surface area contributed by atoms with Gasteiger partial charge in [-0.25, -0.2) is 9.97 Å². The molecule has 0 aliphatic heterocycles. The predicted molar refractivity (Wildman–Crippen MR) is 76.3 cm³/mol. The number of rotatable bonds is 5. The maximum Gasteiger partial charge on any atom is 0.308 e. The number of hydrogen-bond acceptors (Lipinski definition) is 6. The molecule has 0 spiro atoms. The number of carbonyl (C=O) groups is 1. The first-order valence-corrected chi connectivity index (χ1v) is 6.23. The molecule has 8 heteroatoms. The fraction of sp³-hybridized carbons (Fsp3) is 0.308. The summed E-state index contributed by atoms with van der Waals surface area (Å²) in [5, 5.41) is 20.3. The number of non-ortho nitro benzene ring substituents is 1. The van der Waals surface area contributed by atoms with Gasteiger partial charge in [0.2, 0.25) is 0 Å². The number of anilines is 1. The molecule has 1 aromatic heterocycles. The van der Waals surface area contributed by atoms with Crippen LogP contribution in [-0.4, -0.2) is 39.6 Å². The second-order valence-corrected chi connectivity index (χ2v) is 4.78. The van der Waals surface area contributed by atoms with Gasteiger partial charge in [-0.2, -0.15) is 0 Å². The Bertz CT molecular complexity index is 704. The maximum atomic E-state index is 10.9. The summed E-state index contributed by atoms with van der Waals surface area (Å²) in [4.78, 5) is 31.1. The van der Waals surface area contributed by atoms with Crippen LogP contribution >= 0.6 is 0 Å². The van der Waals surface area contributed by atoms with E-state index in [2.05, 4.69) is 9.97 Å². The van der Waals surface area contributed by atoms with Gasteiger partial charge in [-0.3, -0.25) is 14.9 Å². The largest absolute Gasteiger partial charge is 0.481 e. The van der Waals surface area contributed by atoms with Gasteiger partial charge in [0.25, 0.3) is 5.69 Å². The summed E-state index contributed by atoms with van der Waals surface area (Å²) in [5.41, 5.74) is 0.513. The van der Waals surface area contributed by atoms with Crippen LogP contribution < -0.4 is 4.90 Å². The van der Waals surface area contributed by atoms with Crippen molar-refractivity contribution in [1.29, 1.82) is 0 Å². The molecule has 1 N–H and O–H groups in total. The van der Waals surface area contributed by atoms with Gasteiger partial charge in [0.15, 0.2) is 0 Å². The Labute approximate surface area is 120 Å². The lowest BCUT2D eigenvalue weighted by Crippen LogP contribution is -2.29. The molecule has 2 aromatic rings. The number of aromatic nitrogens is 2. The van der Waals surface area contributed by atoms with Crippen molar-refractivity contribution in [2.24, 2.45) is 5.92 Å². The lowest BCUT2D eigenvalue weighted by Gasteiger charge is -2.21.